The second-order valence-electron chi connectivity index (χ2n) is 5.82. The highest BCUT2D eigenvalue weighted by Crippen LogP contribution is 2.40. The zero-order valence-corrected chi connectivity index (χ0v) is 11.6. The van der Waals surface area contributed by atoms with Gasteiger partial charge < -0.3 is 5.32 Å². The maximum atomic E-state index is 3.75. The Morgan fingerprint density at radius 2 is 1.60 bits per heavy atom. The van der Waals surface area contributed by atoms with E-state index in [0.717, 1.165) is 6.42 Å². The topological polar surface area (TPSA) is 12.0 Å². The highest BCUT2D eigenvalue weighted by molar-refractivity contribution is 5.98. The molecule has 1 aliphatic rings. The molecule has 4 rings (SSSR count). The summed E-state index contributed by atoms with van der Waals surface area (Å²) in [6.07, 6.45) is 1.02. The van der Waals surface area contributed by atoms with Crippen molar-refractivity contribution in [2.45, 2.75) is 18.9 Å². The van der Waals surface area contributed by atoms with Gasteiger partial charge in [0.2, 0.25) is 0 Å². The van der Waals surface area contributed by atoms with E-state index in [-0.39, 0.29) is 5.54 Å². The molecule has 1 heterocycles. The first-order valence-electron chi connectivity index (χ1n) is 7.11. The molecule has 1 atom stereocenters. The van der Waals surface area contributed by atoms with Crippen LogP contribution >= 0.6 is 0 Å². The van der Waals surface area contributed by atoms with Crippen LogP contribution < -0.4 is 5.32 Å². The molecule has 0 bridgehead atoms. The van der Waals surface area contributed by atoms with Gasteiger partial charge in [-0.1, -0.05) is 60.7 Å². The number of hydrogen-bond donors (Lipinski definition) is 1. The molecule has 3 aromatic carbocycles. The van der Waals surface area contributed by atoms with Gasteiger partial charge in [0.25, 0.3) is 0 Å². The molecule has 0 radical (unpaired) electrons. The minimum Gasteiger partial charge on any atom is -0.375 e. The molecule has 0 amide bonds. The molecule has 0 saturated carbocycles. The summed E-state index contributed by atoms with van der Waals surface area (Å²) in [5.41, 5.74) is 3.98. The van der Waals surface area contributed by atoms with Crippen LogP contribution in [0.5, 0.6) is 0 Å². The van der Waals surface area contributed by atoms with Crippen LogP contribution in [0.2, 0.25) is 0 Å². The standard InChI is InChI=1S/C19H17N/c1-19(16-10-3-2-4-11-16)13-15-9-5-7-14-8-6-12-17(20-19)18(14)15/h2-12,20H,13H2,1H3. The van der Waals surface area contributed by atoms with Crippen molar-refractivity contribution in [3.8, 4) is 0 Å². The minimum absolute atomic E-state index is 0.0378. The summed E-state index contributed by atoms with van der Waals surface area (Å²) in [5, 5.41) is 6.45. The van der Waals surface area contributed by atoms with Gasteiger partial charge in [0.15, 0.2) is 0 Å². The fraction of sp³-hybridized carbons (Fsp3) is 0.158. The van der Waals surface area contributed by atoms with Crippen LogP contribution in [-0.4, -0.2) is 0 Å². The van der Waals surface area contributed by atoms with Gasteiger partial charge in [-0.3, -0.25) is 0 Å². The third-order valence-electron chi connectivity index (χ3n) is 4.36. The summed E-state index contributed by atoms with van der Waals surface area (Å²) in [4.78, 5) is 0. The summed E-state index contributed by atoms with van der Waals surface area (Å²) in [5.74, 6) is 0. The van der Waals surface area contributed by atoms with Crippen LogP contribution in [0.4, 0.5) is 5.69 Å². The Morgan fingerprint density at radius 3 is 2.40 bits per heavy atom. The molecule has 98 valence electrons. The Balaban J connectivity index is 1.91. The van der Waals surface area contributed by atoms with Crippen LogP contribution in [-0.2, 0) is 12.0 Å². The highest BCUT2D eigenvalue weighted by Gasteiger charge is 2.31. The first-order valence-corrected chi connectivity index (χ1v) is 7.11. The van der Waals surface area contributed by atoms with Crippen LogP contribution in [0.25, 0.3) is 10.8 Å². The zero-order chi connectivity index (χ0) is 13.6. The SMILES string of the molecule is CC1(c2ccccc2)Cc2cccc3cccc(c23)N1. The van der Waals surface area contributed by atoms with E-state index in [4.69, 9.17) is 0 Å². The molecule has 1 heteroatoms. The van der Waals surface area contributed by atoms with E-state index in [0.29, 0.717) is 0 Å². The number of hydrogen-bond acceptors (Lipinski definition) is 1. The highest BCUT2D eigenvalue weighted by atomic mass is 15.0. The fourth-order valence-electron chi connectivity index (χ4n) is 3.37. The Labute approximate surface area is 119 Å². The predicted molar refractivity (Wildman–Crippen MR) is 85.1 cm³/mol. The van der Waals surface area contributed by atoms with Crippen molar-refractivity contribution < 1.29 is 0 Å². The van der Waals surface area contributed by atoms with Crippen LogP contribution in [0, 0.1) is 0 Å². The van der Waals surface area contributed by atoms with Crippen molar-refractivity contribution in [1.82, 2.24) is 0 Å². The Morgan fingerprint density at radius 1 is 0.850 bits per heavy atom. The third kappa shape index (κ3) is 1.63. The van der Waals surface area contributed by atoms with Gasteiger partial charge in [-0.15, -0.1) is 0 Å². The molecule has 20 heavy (non-hydrogen) atoms. The number of benzene rings is 3. The predicted octanol–water partition coefficient (Wildman–Crippen LogP) is 4.72. The Kier molecular flexibility index (Phi) is 2.37. The zero-order valence-electron chi connectivity index (χ0n) is 11.6. The Bertz CT molecular complexity index is 733. The van der Waals surface area contributed by atoms with Gasteiger partial charge in [-0.05, 0) is 29.5 Å². The second-order valence-corrected chi connectivity index (χ2v) is 5.82. The third-order valence-corrected chi connectivity index (χ3v) is 4.36. The molecule has 1 nitrogen and oxygen atoms in total. The summed E-state index contributed by atoms with van der Waals surface area (Å²) >= 11 is 0. The summed E-state index contributed by atoms with van der Waals surface area (Å²) in [7, 11) is 0. The van der Waals surface area contributed by atoms with E-state index >= 15 is 0 Å². The monoisotopic (exact) mass is 259 g/mol. The van der Waals surface area contributed by atoms with Crippen molar-refractivity contribution in [3.05, 3.63) is 77.9 Å². The maximum absolute atomic E-state index is 3.75. The van der Waals surface area contributed by atoms with Gasteiger partial charge in [-0.2, -0.15) is 0 Å². The molecule has 1 aliphatic heterocycles. The molecule has 0 fully saturated rings. The second kappa shape index (κ2) is 4.11. The Hall–Kier alpha value is -2.28. The van der Waals surface area contributed by atoms with Gasteiger partial charge in [0.05, 0.1) is 5.54 Å². The summed E-state index contributed by atoms with van der Waals surface area (Å²) in [6.45, 7) is 2.29. The molecule has 0 aromatic heterocycles. The lowest BCUT2D eigenvalue weighted by Gasteiger charge is -2.37. The van der Waals surface area contributed by atoms with E-state index in [1.807, 2.05) is 0 Å². The van der Waals surface area contributed by atoms with Crippen molar-refractivity contribution in [3.63, 3.8) is 0 Å². The molecular weight excluding hydrogens is 242 g/mol. The van der Waals surface area contributed by atoms with Gasteiger partial charge in [0.1, 0.15) is 0 Å². The first-order chi connectivity index (χ1) is 9.76. The van der Waals surface area contributed by atoms with E-state index in [2.05, 4.69) is 79.0 Å². The van der Waals surface area contributed by atoms with E-state index in [9.17, 15) is 0 Å². The molecule has 0 spiro atoms. The van der Waals surface area contributed by atoms with Crippen LogP contribution in [0.1, 0.15) is 18.1 Å². The van der Waals surface area contributed by atoms with Crippen LogP contribution in [0.3, 0.4) is 0 Å². The molecule has 3 aromatic rings. The van der Waals surface area contributed by atoms with Gasteiger partial charge >= 0.3 is 0 Å². The number of rotatable bonds is 1. The average molecular weight is 259 g/mol. The van der Waals surface area contributed by atoms with Crippen molar-refractivity contribution in [1.29, 1.82) is 0 Å². The average Bonchev–Trinajstić information content (AvgIpc) is 2.48. The molecule has 0 aliphatic carbocycles. The van der Waals surface area contributed by atoms with E-state index in [1.165, 1.54) is 27.6 Å². The molecule has 0 saturated heterocycles. The normalized spacial score (nSPS) is 20.6. The smallest absolute Gasteiger partial charge is 0.0637 e. The van der Waals surface area contributed by atoms with E-state index < -0.39 is 0 Å². The summed E-state index contributed by atoms with van der Waals surface area (Å²) in [6, 6.07) is 23.8. The van der Waals surface area contributed by atoms with Gasteiger partial charge in [0, 0.05) is 17.5 Å². The largest absolute Gasteiger partial charge is 0.375 e. The quantitative estimate of drug-likeness (QED) is 0.666. The number of anilines is 1. The van der Waals surface area contributed by atoms with Crippen molar-refractivity contribution in [2.75, 3.05) is 5.32 Å². The molecule has 1 unspecified atom stereocenters. The molecule has 1 N–H and O–H groups in total. The first kappa shape index (κ1) is 11.5. The fourth-order valence-corrected chi connectivity index (χ4v) is 3.37. The number of nitrogens with one attached hydrogen (secondary N) is 1. The van der Waals surface area contributed by atoms with Crippen LogP contribution in [0.15, 0.2) is 66.7 Å². The van der Waals surface area contributed by atoms with Crippen molar-refractivity contribution in [2.24, 2.45) is 0 Å². The minimum atomic E-state index is -0.0378. The van der Waals surface area contributed by atoms with Gasteiger partial charge in [-0.25, -0.2) is 0 Å². The summed E-state index contributed by atoms with van der Waals surface area (Å²) < 4.78 is 0. The lowest BCUT2D eigenvalue weighted by molar-refractivity contribution is 0.536. The van der Waals surface area contributed by atoms with E-state index in [1.54, 1.807) is 0 Å². The maximum Gasteiger partial charge on any atom is 0.0637 e. The lowest BCUT2D eigenvalue weighted by atomic mass is 9.80. The van der Waals surface area contributed by atoms with Crippen molar-refractivity contribution >= 4 is 16.5 Å². The molecular formula is C19H17N. The lowest BCUT2D eigenvalue weighted by Crippen LogP contribution is -2.36.